The van der Waals surface area contributed by atoms with Gasteiger partial charge in [-0.05, 0) is 26.7 Å². The Morgan fingerprint density at radius 2 is 2.10 bits per heavy atom. The summed E-state index contributed by atoms with van der Waals surface area (Å²) in [7, 11) is 0. The van der Waals surface area contributed by atoms with Crippen molar-refractivity contribution in [2.45, 2.75) is 57.5 Å². The minimum Gasteiger partial charge on any atom is -0.480 e. The average molecular weight is 318 g/mol. The quantitative estimate of drug-likeness (QED) is 0.748. The fraction of sp³-hybridized carbons (Fsp3) is 0.857. The first kappa shape index (κ1) is 18.1. The Labute approximate surface area is 130 Å². The topological polar surface area (TPSA) is 81.1 Å². The van der Waals surface area contributed by atoms with Gasteiger partial charge in [-0.1, -0.05) is 13.3 Å². The van der Waals surface area contributed by atoms with Crippen molar-refractivity contribution in [2.24, 2.45) is 0 Å². The lowest BCUT2D eigenvalue weighted by Crippen LogP contribution is -2.53. The molecule has 0 saturated carbocycles. The first-order chi connectivity index (χ1) is 9.93. The summed E-state index contributed by atoms with van der Waals surface area (Å²) in [4.78, 5) is 27.4. The first-order valence-corrected chi connectivity index (χ1v) is 8.53. The van der Waals surface area contributed by atoms with Crippen molar-refractivity contribution in [3.05, 3.63) is 0 Å². The van der Waals surface area contributed by atoms with Crippen molar-refractivity contribution in [1.82, 2.24) is 9.80 Å². The highest BCUT2D eigenvalue weighted by atomic mass is 32.2. The summed E-state index contributed by atoms with van der Waals surface area (Å²) in [6.07, 6.45) is 2.21. The SMILES string of the molecule is CCCC1SCC(C(=O)O)N1C(=O)N(CCCO)C(C)C. The monoisotopic (exact) mass is 318 g/mol. The van der Waals surface area contributed by atoms with Crippen LogP contribution in [0.2, 0.25) is 0 Å². The number of thioether (sulfide) groups is 1. The maximum absolute atomic E-state index is 12.8. The van der Waals surface area contributed by atoms with Crippen LogP contribution >= 0.6 is 11.8 Å². The molecule has 0 radical (unpaired) electrons. The molecule has 122 valence electrons. The van der Waals surface area contributed by atoms with Gasteiger partial charge in [0.05, 0.1) is 5.37 Å². The van der Waals surface area contributed by atoms with E-state index < -0.39 is 12.0 Å². The van der Waals surface area contributed by atoms with Gasteiger partial charge in [-0.2, -0.15) is 0 Å². The van der Waals surface area contributed by atoms with Crippen LogP contribution in [0.4, 0.5) is 4.79 Å². The summed E-state index contributed by atoms with van der Waals surface area (Å²) in [6.45, 7) is 6.31. The number of carboxylic acids is 1. The zero-order valence-electron chi connectivity index (χ0n) is 13.0. The highest BCUT2D eigenvalue weighted by Gasteiger charge is 2.43. The lowest BCUT2D eigenvalue weighted by atomic mass is 10.2. The predicted octanol–water partition coefficient (Wildman–Crippen LogP) is 1.83. The number of carboxylic acid groups (broad SMARTS) is 1. The number of hydrogen-bond donors (Lipinski definition) is 2. The molecule has 2 amide bonds. The van der Waals surface area contributed by atoms with E-state index in [9.17, 15) is 14.7 Å². The van der Waals surface area contributed by atoms with Gasteiger partial charge in [-0.15, -0.1) is 11.8 Å². The second kappa shape index (κ2) is 8.48. The molecule has 2 atom stereocenters. The van der Waals surface area contributed by atoms with E-state index in [2.05, 4.69) is 0 Å². The van der Waals surface area contributed by atoms with E-state index in [0.717, 1.165) is 12.8 Å². The fourth-order valence-electron chi connectivity index (χ4n) is 2.44. The van der Waals surface area contributed by atoms with Crippen LogP contribution in [-0.4, -0.2) is 68.4 Å². The Hall–Kier alpha value is -0.950. The summed E-state index contributed by atoms with van der Waals surface area (Å²) in [5.41, 5.74) is 0. The number of aliphatic carboxylic acids is 1. The number of nitrogens with zero attached hydrogens (tertiary/aromatic N) is 2. The van der Waals surface area contributed by atoms with E-state index in [1.165, 1.54) is 4.90 Å². The van der Waals surface area contributed by atoms with Gasteiger partial charge in [-0.25, -0.2) is 9.59 Å². The molecule has 21 heavy (non-hydrogen) atoms. The summed E-state index contributed by atoms with van der Waals surface area (Å²) in [5.74, 6) is -0.502. The zero-order chi connectivity index (χ0) is 16.0. The van der Waals surface area contributed by atoms with Gasteiger partial charge in [0.2, 0.25) is 0 Å². The molecule has 1 aliphatic rings. The van der Waals surface area contributed by atoms with Gasteiger partial charge in [0.1, 0.15) is 6.04 Å². The maximum Gasteiger partial charge on any atom is 0.327 e. The Bertz CT molecular complexity index is 365. The van der Waals surface area contributed by atoms with E-state index in [1.54, 1.807) is 16.7 Å². The fourth-order valence-corrected chi connectivity index (χ4v) is 3.95. The van der Waals surface area contributed by atoms with Crippen molar-refractivity contribution >= 4 is 23.8 Å². The van der Waals surface area contributed by atoms with Crippen LogP contribution in [-0.2, 0) is 4.79 Å². The second-order valence-corrected chi connectivity index (χ2v) is 6.70. The second-order valence-electron chi connectivity index (χ2n) is 5.48. The summed E-state index contributed by atoms with van der Waals surface area (Å²) in [6, 6.07) is -1.00. The van der Waals surface area contributed by atoms with Gasteiger partial charge in [0.15, 0.2) is 0 Å². The van der Waals surface area contributed by atoms with Crippen LogP contribution in [0.1, 0.15) is 40.0 Å². The third-order valence-electron chi connectivity index (χ3n) is 3.56. The number of aliphatic hydroxyl groups excluding tert-OH is 1. The van der Waals surface area contributed by atoms with Crippen LogP contribution in [0, 0.1) is 0 Å². The molecular formula is C14H26N2O4S. The number of hydrogen-bond acceptors (Lipinski definition) is 4. The molecule has 0 aromatic heterocycles. The van der Waals surface area contributed by atoms with E-state index in [4.69, 9.17) is 5.11 Å². The maximum atomic E-state index is 12.8. The molecule has 1 heterocycles. The van der Waals surface area contributed by atoms with Crippen LogP contribution in [0.5, 0.6) is 0 Å². The molecular weight excluding hydrogens is 292 g/mol. The number of carbonyl (C=O) groups is 2. The summed E-state index contributed by atoms with van der Waals surface area (Å²) in [5, 5.41) is 18.2. The number of aliphatic hydroxyl groups is 1. The average Bonchev–Trinajstić information content (AvgIpc) is 2.83. The van der Waals surface area contributed by atoms with Crippen molar-refractivity contribution in [3.63, 3.8) is 0 Å². The summed E-state index contributed by atoms with van der Waals surface area (Å²) < 4.78 is 0. The molecule has 6 nitrogen and oxygen atoms in total. The van der Waals surface area contributed by atoms with Crippen molar-refractivity contribution in [2.75, 3.05) is 18.9 Å². The van der Waals surface area contributed by atoms with Crippen LogP contribution < -0.4 is 0 Å². The first-order valence-electron chi connectivity index (χ1n) is 7.48. The zero-order valence-corrected chi connectivity index (χ0v) is 13.8. The van der Waals surface area contributed by atoms with Crippen LogP contribution in [0.25, 0.3) is 0 Å². The number of urea groups is 1. The third kappa shape index (κ3) is 4.51. The number of carbonyl (C=O) groups excluding carboxylic acids is 1. The lowest BCUT2D eigenvalue weighted by molar-refractivity contribution is -0.141. The predicted molar refractivity (Wildman–Crippen MR) is 83.4 cm³/mol. The van der Waals surface area contributed by atoms with Crippen LogP contribution in [0.15, 0.2) is 0 Å². The van der Waals surface area contributed by atoms with E-state index in [-0.39, 0.29) is 24.1 Å². The number of rotatable bonds is 7. The molecule has 0 aliphatic carbocycles. The van der Waals surface area contributed by atoms with Gasteiger partial charge in [0, 0.05) is 24.9 Å². The van der Waals surface area contributed by atoms with Gasteiger partial charge in [-0.3, -0.25) is 4.90 Å². The van der Waals surface area contributed by atoms with E-state index in [0.29, 0.717) is 18.7 Å². The minimum atomic E-state index is -0.944. The normalized spacial score (nSPS) is 21.9. The third-order valence-corrected chi connectivity index (χ3v) is 4.92. The molecule has 1 aliphatic heterocycles. The minimum absolute atomic E-state index is 0.0198. The van der Waals surface area contributed by atoms with Crippen molar-refractivity contribution < 1.29 is 19.8 Å². The molecule has 0 spiro atoms. The summed E-state index contributed by atoms with van der Waals surface area (Å²) >= 11 is 1.54. The Morgan fingerprint density at radius 3 is 2.57 bits per heavy atom. The molecule has 0 bridgehead atoms. The van der Waals surface area contributed by atoms with Gasteiger partial charge >= 0.3 is 12.0 Å². The van der Waals surface area contributed by atoms with Gasteiger partial charge < -0.3 is 15.1 Å². The van der Waals surface area contributed by atoms with E-state index in [1.807, 2.05) is 20.8 Å². The Kier molecular flexibility index (Phi) is 7.31. The van der Waals surface area contributed by atoms with Gasteiger partial charge in [0.25, 0.3) is 0 Å². The molecule has 1 saturated heterocycles. The van der Waals surface area contributed by atoms with Crippen molar-refractivity contribution in [3.8, 4) is 0 Å². The lowest BCUT2D eigenvalue weighted by Gasteiger charge is -2.35. The molecule has 0 aromatic carbocycles. The Morgan fingerprint density at radius 1 is 1.43 bits per heavy atom. The van der Waals surface area contributed by atoms with Crippen molar-refractivity contribution in [1.29, 1.82) is 0 Å². The number of amides is 2. The molecule has 1 fully saturated rings. The molecule has 2 unspecified atom stereocenters. The standard InChI is InChI=1S/C14H26N2O4S/c1-4-6-12-16(11(9-21-12)13(18)19)14(20)15(10(2)3)7-5-8-17/h10-12,17H,4-9H2,1-3H3,(H,18,19). The largest absolute Gasteiger partial charge is 0.480 e. The van der Waals surface area contributed by atoms with Crippen LogP contribution in [0.3, 0.4) is 0 Å². The van der Waals surface area contributed by atoms with E-state index >= 15 is 0 Å². The molecule has 1 rings (SSSR count). The molecule has 0 aromatic rings. The highest BCUT2D eigenvalue weighted by molar-refractivity contribution is 8.00. The highest BCUT2D eigenvalue weighted by Crippen LogP contribution is 2.33. The smallest absolute Gasteiger partial charge is 0.327 e. The molecule has 7 heteroatoms. The molecule has 2 N–H and O–H groups in total. The Balaban J connectivity index is 2.92.